The van der Waals surface area contributed by atoms with E-state index in [9.17, 15) is 0 Å². The first-order valence-corrected chi connectivity index (χ1v) is 22.4. The van der Waals surface area contributed by atoms with Gasteiger partial charge >= 0.3 is 0 Å². The highest BCUT2D eigenvalue weighted by Crippen LogP contribution is 2.42. The molecule has 0 N–H and O–H groups in total. The molecule has 0 amide bonds. The number of benzene rings is 9. The molecule has 4 heteroatoms. The largest absolute Gasteiger partial charge is 0.455 e. The molecular weight excluding hydrogens is 791 g/mol. The fourth-order valence-electron chi connectivity index (χ4n) is 10.2. The van der Waals surface area contributed by atoms with E-state index >= 15 is 0 Å². The van der Waals surface area contributed by atoms with Crippen LogP contribution in [0.1, 0.15) is 29.5 Å². The van der Waals surface area contributed by atoms with Crippen LogP contribution in [0.25, 0.3) is 99.3 Å². The third kappa shape index (κ3) is 6.17. The number of hydrogen-bond acceptors (Lipinski definition) is 2. The SMILES string of the molecule is C1=C(c2cccc(-c3cccc4c3oc3ccc(-n5c6ccccc6c6cc7c(cc65)c5ccccc5n7-c5ccccc5)cc34)c2)N=C(c2ccccc2)/C=C(/c2ccccc2)CC1. The number of aromatic nitrogens is 2. The summed E-state index contributed by atoms with van der Waals surface area (Å²) < 4.78 is 11.6. The van der Waals surface area contributed by atoms with Crippen molar-refractivity contribution in [3.63, 3.8) is 0 Å². The quantitative estimate of drug-likeness (QED) is 0.164. The second-order valence-electron chi connectivity index (χ2n) is 17.0. The molecule has 0 aliphatic carbocycles. The first-order valence-electron chi connectivity index (χ1n) is 22.4. The maximum Gasteiger partial charge on any atom is 0.143 e. The summed E-state index contributed by atoms with van der Waals surface area (Å²) in [6.07, 6.45) is 6.38. The summed E-state index contributed by atoms with van der Waals surface area (Å²) in [6, 6.07) is 76.1. The maximum absolute atomic E-state index is 6.82. The molecule has 13 rings (SSSR count). The second-order valence-corrected chi connectivity index (χ2v) is 17.0. The van der Waals surface area contributed by atoms with Gasteiger partial charge in [-0.2, -0.15) is 0 Å². The number of furan rings is 1. The van der Waals surface area contributed by atoms with Crippen LogP contribution < -0.4 is 0 Å². The lowest BCUT2D eigenvalue weighted by molar-refractivity contribution is 0.670. The summed E-state index contributed by atoms with van der Waals surface area (Å²) in [5, 5.41) is 7.09. The highest BCUT2D eigenvalue weighted by atomic mass is 16.3. The Hall–Kier alpha value is -8.47. The fraction of sp³-hybridized carbons (Fsp3) is 0.0328. The highest BCUT2D eigenvalue weighted by molar-refractivity contribution is 6.19. The minimum Gasteiger partial charge on any atom is -0.455 e. The molecule has 0 unspecified atom stereocenters. The smallest absolute Gasteiger partial charge is 0.143 e. The molecule has 0 saturated carbocycles. The first kappa shape index (κ1) is 37.1. The molecule has 4 heterocycles. The van der Waals surface area contributed by atoms with Crippen molar-refractivity contribution in [1.29, 1.82) is 0 Å². The lowest BCUT2D eigenvalue weighted by Crippen LogP contribution is -2.02. The van der Waals surface area contributed by atoms with Gasteiger partial charge in [-0.05, 0) is 96.3 Å². The van der Waals surface area contributed by atoms with Crippen molar-refractivity contribution in [1.82, 2.24) is 9.13 Å². The van der Waals surface area contributed by atoms with Gasteiger partial charge < -0.3 is 13.6 Å². The molecule has 0 bridgehead atoms. The zero-order chi connectivity index (χ0) is 42.8. The van der Waals surface area contributed by atoms with E-state index in [2.05, 4.69) is 234 Å². The summed E-state index contributed by atoms with van der Waals surface area (Å²) in [7, 11) is 0. The van der Waals surface area contributed by atoms with Gasteiger partial charge in [0, 0.05) is 60.4 Å². The molecular formula is C61H41N3O. The minimum absolute atomic E-state index is 0.863. The third-order valence-corrected chi connectivity index (χ3v) is 13.2. The lowest BCUT2D eigenvalue weighted by atomic mass is 9.95. The van der Waals surface area contributed by atoms with E-state index in [1.807, 2.05) is 0 Å². The number of allylic oxidation sites excluding steroid dienone is 3. The predicted octanol–water partition coefficient (Wildman–Crippen LogP) is 16.2. The molecule has 12 aromatic rings. The zero-order valence-electron chi connectivity index (χ0n) is 35.5. The van der Waals surface area contributed by atoms with Crippen molar-refractivity contribution >= 4 is 82.5 Å². The van der Waals surface area contributed by atoms with Crippen LogP contribution >= 0.6 is 0 Å². The molecule has 1 aliphatic rings. The number of fused-ring (bicyclic) bond motifs is 9. The van der Waals surface area contributed by atoms with Crippen molar-refractivity contribution in [2.75, 3.05) is 0 Å². The standard InChI is InChI=1S/C61H41N3O/c1-4-17-40(18-5-1)42-21-15-30-54(62-55(36-42)41-19-6-2-7-20-41)44-23-14-22-43(35-44)47-28-16-29-50-53-37-46(33-34-60(53)65-61(47)50)64-57-32-13-11-27-49(57)52-38-58-51(39-59(52)64)48-26-10-12-31-56(48)63(58)45-24-8-3-9-25-45/h1-14,16-20,22-39H,15,21H2/b42-36+,54-30?,62-55?. The van der Waals surface area contributed by atoms with Gasteiger partial charge in [-0.1, -0.05) is 158 Å². The Morgan fingerprint density at radius 2 is 0.985 bits per heavy atom. The number of nitrogens with zero attached hydrogens (tertiary/aromatic N) is 3. The Balaban J connectivity index is 0.934. The van der Waals surface area contributed by atoms with Gasteiger partial charge in [0.2, 0.25) is 0 Å². The Kier molecular flexibility index (Phi) is 8.63. The number of aliphatic imine (C=N–C) groups is 1. The number of para-hydroxylation sites is 4. The van der Waals surface area contributed by atoms with Gasteiger partial charge in [-0.3, -0.25) is 0 Å². The predicted molar refractivity (Wildman–Crippen MR) is 272 cm³/mol. The van der Waals surface area contributed by atoms with E-state index in [4.69, 9.17) is 9.41 Å². The van der Waals surface area contributed by atoms with Gasteiger partial charge in [0.1, 0.15) is 11.2 Å². The molecule has 0 atom stereocenters. The number of rotatable bonds is 6. The third-order valence-electron chi connectivity index (χ3n) is 13.2. The molecule has 0 fully saturated rings. The molecule has 4 nitrogen and oxygen atoms in total. The normalized spacial score (nSPS) is 14.2. The summed E-state index contributed by atoms with van der Waals surface area (Å²) in [5.74, 6) is 0. The van der Waals surface area contributed by atoms with Crippen LogP contribution in [0.5, 0.6) is 0 Å². The molecule has 1 aliphatic heterocycles. The Bertz CT molecular complexity index is 3920. The van der Waals surface area contributed by atoms with Crippen molar-refractivity contribution in [3.05, 3.63) is 241 Å². The summed E-state index contributed by atoms with van der Waals surface area (Å²) in [5.41, 5.74) is 17.5. The van der Waals surface area contributed by atoms with Crippen LogP contribution in [0, 0.1) is 0 Å². The van der Waals surface area contributed by atoms with Crippen LogP contribution in [0.2, 0.25) is 0 Å². The van der Waals surface area contributed by atoms with Gasteiger partial charge in [-0.25, -0.2) is 4.99 Å². The van der Waals surface area contributed by atoms with Crippen LogP contribution in [0.4, 0.5) is 0 Å². The van der Waals surface area contributed by atoms with Crippen LogP contribution in [-0.2, 0) is 0 Å². The van der Waals surface area contributed by atoms with E-state index < -0.39 is 0 Å². The van der Waals surface area contributed by atoms with Crippen molar-refractivity contribution < 1.29 is 4.42 Å². The van der Waals surface area contributed by atoms with Crippen LogP contribution in [-0.4, -0.2) is 14.8 Å². The Morgan fingerprint density at radius 1 is 0.400 bits per heavy atom. The second kappa shape index (κ2) is 15.1. The highest BCUT2D eigenvalue weighted by Gasteiger charge is 2.20. The molecule has 65 heavy (non-hydrogen) atoms. The Morgan fingerprint density at radius 3 is 1.71 bits per heavy atom. The topological polar surface area (TPSA) is 35.4 Å². The minimum atomic E-state index is 0.863. The summed E-state index contributed by atoms with van der Waals surface area (Å²) in [4.78, 5) is 5.38. The lowest BCUT2D eigenvalue weighted by Gasteiger charge is -2.14. The van der Waals surface area contributed by atoms with Crippen molar-refractivity contribution in [3.8, 4) is 22.5 Å². The van der Waals surface area contributed by atoms with E-state index in [1.54, 1.807) is 0 Å². The van der Waals surface area contributed by atoms with E-state index in [1.165, 1.54) is 54.7 Å². The molecule has 3 aromatic heterocycles. The van der Waals surface area contributed by atoms with Gasteiger partial charge in [-0.15, -0.1) is 0 Å². The summed E-state index contributed by atoms with van der Waals surface area (Å²) in [6.45, 7) is 0. The van der Waals surface area contributed by atoms with E-state index in [0.717, 1.165) is 79.8 Å². The Labute approximate surface area is 376 Å². The van der Waals surface area contributed by atoms with E-state index in [-0.39, 0.29) is 0 Å². The first-order chi connectivity index (χ1) is 32.2. The van der Waals surface area contributed by atoms with E-state index in [0.29, 0.717) is 0 Å². The molecule has 306 valence electrons. The van der Waals surface area contributed by atoms with Gasteiger partial charge in [0.15, 0.2) is 0 Å². The average molecular weight is 832 g/mol. The molecule has 0 saturated heterocycles. The number of hydrogen-bond donors (Lipinski definition) is 0. The van der Waals surface area contributed by atoms with Gasteiger partial charge in [0.05, 0.1) is 33.5 Å². The van der Waals surface area contributed by atoms with Gasteiger partial charge in [0.25, 0.3) is 0 Å². The molecule has 0 radical (unpaired) electrons. The monoisotopic (exact) mass is 831 g/mol. The zero-order valence-corrected chi connectivity index (χ0v) is 35.5. The molecule has 9 aromatic carbocycles. The fourth-order valence-corrected chi connectivity index (χ4v) is 10.2. The van der Waals surface area contributed by atoms with Crippen molar-refractivity contribution in [2.24, 2.45) is 4.99 Å². The van der Waals surface area contributed by atoms with Crippen LogP contribution in [0.15, 0.2) is 234 Å². The van der Waals surface area contributed by atoms with Crippen molar-refractivity contribution in [2.45, 2.75) is 12.8 Å². The van der Waals surface area contributed by atoms with Crippen LogP contribution in [0.3, 0.4) is 0 Å². The average Bonchev–Trinajstić information content (AvgIpc) is 4.01. The maximum atomic E-state index is 6.82. The molecule has 0 spiro atoms. The summed E-state index contributed by atoms with van der Waals surface area (Å²) >= 11 is 0.